The van der Waals surface area contributed by atoms with Gasteiger partial charge in [0.05, 0.1) is 17.0 Å². The van der Waals surface area contributed by atoms with Gasteiger partial charge in [0.15, 0.2) is 0 Å². The van der Waals surface area contributed by atoms with Crippen molar-refractivity contribution in [3.63, 3.8) is 0 Å². The van der Waals surface area contributed by atoms with Crippen LogP contribution in [0.25, 0.3) is 0 Å². The molecule has 3 aromatic rings. The van der Waals surface area contributed by atoms with E-state index in [1.54, 1.807) is 4.57 Å². The molecule has 182 valence electrons. The molecular formula is C23H25F3N4O3S. The second kappa shape index (κ2) is 9.38. The van der Waals surface area contributed by atoms with Gasteiger partial charge in [-0.1, -0.05) is 36.4 Å². The molecule has 0 atom stereocenters. The highest BCUT2D eigenvalue weighted by Gasteiger charge is 2.35. The minimum absolute atomic E-state index is 0.127. The molecule has 1 aliphatic heterocycles. The number of sulfonamides is 1. The molecule has 0 unspecified atom stereocenters. The quantitative estimate of drug-likeness (QED) is 0.524. The zero-order valence-corrected chi connectivity index (χ0v) is 19.4. The molecule has 4 rings (SSSR count). The van der Waals surface area contributed by atoms with Crippen LogP contribution in [0.15, 0.2) is 64.3 Å². The van der Waals surface area contributed by atoms with E-state index in [0.717, 1.165) is 17.7 Å². The molecule has 0 bridgehead atoms. The largest absolute Gasteiger partial charge is 0.416 e. The predicted molar refractivity (Wildman–Crippen MR) is 120 cm³/mol. The highest BCUT2D eigenvalue weighted by Crippen LogP contribution is 2.33. The van der Waals surface area contributed by atoms with Gasteiger partial charge in [-0.3, -0.25) is 4.57 Å². The van der Waals surface area contributed by atoms with Crippen molar-refractivity contribution in [2.24, 2.45) is 0 Å². The number of hydrogen-bond acceptors (Lipinski definition) is 4. The van der Waals surface area contributed by atoms with Crippen LogP contribution in [0.4, 0.5) is 13.2 Å². The first-order valence-electron chi connectivity index (χ1n) is 11.0. The van der Waals surface area contributed by atoms with Gasteiger partial charge < -0.3 is 0 Å². The summed E-state index contributed by atoms with van der Waals surface area (Å²) in [6.45, 7) is 2.89. The Morgan fingerprint density at radius 2 is 1.71 bits per heavy atom. The Balaban J connectivity index is 1.52. The molecule has 0 saturated carbocycles. The lowest BCUT2D eigenvalue weighted by molar-refractivity contribution is -0.137. The van der Waals surface area contributed by atoms with E-state index < -0.39 is 21.8 Å². The van der Waals surface area contributed by atoms with Gasteiger partial charge >= 0.3 is 11.9 Å². The lowest BCUT2D eigenvalue weighted by atomic mass is 9.97. The van der Waals surface area contributed by atoms with Gasteiger partial charge in [0.1, 0.15) is 5.82 Å². The summed E-state index contributed by atoms with van der Waals surface area (Å²) in [4.78, 5) is 12.5. The molecule has 0 aliphatic carbocycles. The summed E-state index contributed by atoms with van der Waals surface area (Å²) in [7, 11) is -4.07. The van der Waals surface area contributed by atoms with E-state index in [2.05, 4.69) is 5.10 Å². The van der Waals surface area contributed by atoms with Crippen LogP contribution in [0.1, 0.15) is 42.6 Å². The zero-order valence-electron chi connectivity index (χ0n) is 18.6. The van der Waals surface area contributed by atoms with Gasteiger partial charge in [-0.2, -0.15) is 22.6 Å². The molecule has 1 aliphatic rings. The number of piperidine rings is 1. The fraction of sp³-hybridized carbons (Fsp3) is 0.391. The van der Waals surface area contributed by atoms with Gasteiger partial charge in [-0.05, 0) is 43.5 Å². The van der Waals surface area contributed by atoms with Crippen LogP contribution in [-0.2, 0) is 29.3 Å². The van der Waals surface area contributed by atoms with E-state index in [4.69, 9.17) is 0 Å². The van der Waals surface area contributed by atoms with Gasteiger partial charge in [0, 0.05) is 25.6 Å². The molecular weight excluding hydrogens is 469 g/mol. The van der Waals surface area contributed by atoms with Crippen molar-refractivity contribution in [3.8, 4) is 0 Å². The van der Waals surface area contributed by atoms with E-state index in [0.29, 0.717) is 37.8 Å². The molecule has 0 radical (unpaired) electrons. The molecule has 1 fully saturated rings. The van der Waals surface area contributed by atoms with Gasteiger partial charge in [0.25, 0.3) is 0 Å². The average molecular weight is 495 g/mol. The predicted octanol–water partition coefficient (Wildman–Crippen LogP) is 3.70. The van der Waals surface area contributed by atoms with E-state index in [1.807, 2.05) is 37.3 Å². The van der Waals surface area contributed by atoms with E-state index in [9.17, 15) is 26.4 Å². The van der Waals surface area contributed by atoms with Crippen molar-refractivity contribution in [1.29, 1.82) is 0 Å². The van der Waals surface area contributed by atoms with Crippen LogP contribution >= 0.6 is 0 Å². The summed E-state index contributed by atoms with van der Waals surface area (Å²) in [5.74, 6) is 0.484. The first-order chi connectivity index (χ1) is 16.1. The summed E-state index contributed by atoms with van der Waals surface area (Å²) in [5.41, 5.74) is -0.279. The Morgan fingerprint density at radius 3 is 2.32 bits per heavy atom. The molecule has 7 nitrogen and oxygen atoms in total. The van der Waals surface area contributed by atoms with Crippen molar-refractivity contribution >= 4 is 10.0 Å². The molecule has 1 saturated heterocycles. The number of benzene rings is 2. The molecule has 2 heterocycles. The van der Waals surface area contributed by atoms with Crippen molar-refractivity contribution in [3.05, 3.63) is 82.0 Å². The van der Waals surface area contributed by atoms with Gasteiger partial charge in [-0.15, -0.1) is 0 Å². The summed E-state index contributed by atoms with van der Waals surface area (Å²) >= 11 is 0. The minimum Gasteiger partial charge on any atom is -0.279 e. The SMILES string of the molecule is CCn1c(C2CCN(S(=O)(=O)c3cccc(C(F)(F)F)c3)CC2)nn(Cc2ccccc2)c1=O. The molecule has 34 heavy (non-hydrogen) atoms. The van der Waals surface area contributed by atoms with E-state index in [1.165, 1.54) is 15.1 Å². The second-order valence-electron chi connectivity index (χ2n) is 8.23. The Kier molecular flexibility index (Phi) is 6.68. The normalized spacial score (nSPS) is 16.1. The lowest BCUT2D eigenvalue weighted by Crippen LogP contribution is -2.38. The number of nitrogens with zero attached hydrogens (tertiary/aromatic N) is 4. The third-order valence-electron chi connectivity index (χ3n) is 6.06. The number of halogens is 3. The highest BCUT2D eigenvalue weighted by molar-refractivity contribution is 7.89. The Labute approximate surface area is 195 Å². The maximum atomic E-state index is 13.0. The smallest absolute Gasteiger partial charge is 0.279 e. The lowest BCUT2D eigenvalue weighted by Gasteiger charge is -2.30. The molecule has 0 amide bonds. The number of aromatic nitrogens is 3. The standard InChI is InChI=1S/C23H25F3N4O3S/c1-2-29-21(27-30(22(29)31)16-17-7-4-3-5-8-17)18-11-13-28(14-12-18)34(32,33)20-10-6-9-19(15-20)23(24,25)26/h3-10,15,18H,2,11-14,16H2,1H3. The monoisotopic (exact) mass is 494 g/mol. The molecule has 0 spiro atoms. The third kappa shape index (κ3) is 4.80. The average Bonchev–Trinajstić information content (AvgIpc) is 3.14. The molecule has 2 aromatic carbocycles. The summed E-state index contributed by atoms with van der Waals surface area (Å²) in [6, 6.07) is 13.3. The molecule has 11 heteroatoms. The van der Waals surface area contributed by atoms with Crippen LogP contribution in [0, 0.1) is 0 Å². The molecule has 0 N–H and O–H groups in total. The summed E-state index contributed by atoms with van der Waals surface area (Å²) in [6.07, 6.45) is -3.79. The van der Waals surface area contributed by atoms with Gasteiger partial charge in [-0.25, -0.2) is 17.9 Å². The van der Waals surface area contributed by atoms with Crippen LogP contribution in [-0.4, -0.2) is 40.2 Å². The van der Waals surface area contributed by atoms with E-state index >= 15 is 0 Å². The topological polar surface area (TPSA) is 77.2 Å². The first kappa shape index (κ1) is 24.2. The fourth-order valence-electron chi connectivity index (χ4n) is 4.25. The van der Waals surface area contributed by atoms with E-state index in [-0.39, 0.29) is 29.6 Å². The fourth-order valence-corrected chi connectivity index (χ4v) is 5.77. The number of hydrogen-bond donors (Lipinski definition) is 0. The maximum Gasteiger partial charge on any atom is 0.416 e. The Bertz CT molecular complexity index is 1310. The Hall–Kier alpha value is -2.92. The van der Waals surface area contributed by atoms with Crippen molar-refractivity contribution in [2.45, 2.75) is 49.8 Å². The second-order valence-corrected chi connectivity index (χ2v) is 10.2. The van der Waals surface area contributed by atoms with Crippen LogP contribution < -0.4 is 5.69 Å². The summed E-state index contributed by atoms with van der Waals surface area (Å²) < 4.78 is 69.3. The highest BCUT2D eigenvalue weighted by atomic mass is 32.2. The number of alkyl halides is 3. The number of rotatable bonds is 6. The molecule has 1 aromatic heterocycles. The first-order valence-corrected chi connectivity index (χ1v) is 12.4. The maximum absolute atomic E-state index is 13.0. The van der Waals surface area contributed by atoms with Crippen molar-refractivity contribution in [2.75, 3.05) is 13.1 Å². The summed E-state index contributed by atoms with van der Waals surface area (Å²) in [5, 5.41) is 4.56. The van der Waals surface area contributed by atoms with Crippen LogP contribution in [0.2, 0.25) is 0 Å². The van der Waals surface area contributed by atoms with Crippen LogP contribution in [0.3, 0.4) is 0 Å². The zero-order chi connectivity index (χ0) is 24.5. The Morgan fingerprint density at radius 1 is 1.03 bits per heavy atom. The minimum atomic E-state index is -4.62. The van der Waals surface area contributed by atoms with Crippen molar-refractivity contribution in [1.82, 2.24) is 18.7 Å². The van der Waals surface area contributed by atoms with Gasteiger partial charge in [0.2, 0.25) is 10.0 Å². The third-order valence-corrected chi connectivity index (χ3v) is 7.96. The van der Waals surface area contributed by atoms with Crippen molar-refractivity contribution < 1.29 is 21.6 Å². The van der Waals surface area contributed by atoms with Crippen LogP contribution in [0.5, 0.6) is 0 Å².